The number of rotatable bonds is 6. The zero-order valence-electron chi connectivity index (χ0n) is 12.1. The largest absolute Gasteiger partial charge is 0.490 e. The molecule has 5 heteroatoms. The maximum Gasteiger partial charge on any atom is 0.181 e. The Bertz CT molecular complexity index is 619. The Hall–Kier alpha value is -1.88. The Morgan fingerprint density at radius 2 is 2.30 bits per heavy atom. The fourth-order valence-electron chi connectivity index (χ4n) is 2.24. The van der Waals surface area contributed by atoms with Crippen molar-refractivity contribution in [2.24, 2.45) is 5.92 Å². The molecule has 2 heterocycles. The van der Waals surface area contributed by atoms with E-state index in [0.717, 1.165) is 0 Å². The molecule has 0 amide bonds. The maximum atomic E-state index is 12.4. The molecule has 108 valence electrons. The van der Waals surface area contributed by atoms with E-state index in [2.05, 4.69) is 4.98 Å². The molecule has 0 spiro atoms. The van der Waals surface area contributed by atoms with E-state index in [-0.39, 0.29) is 18.3 Å². The van der Waals surface area contributed by atoms with Gasteiger partial charge in [-0.1, -0.05) is 6.92 Å². The number of pyridine rings is 1. The van der Waals surface area contributed by atoms with Gasteiger partial charge in [-0.05, 0) is 31.9 Å². The lowest BCUT2D eigenvalue weighted by atomic mass is 10.0. The summed E-state index contributed by atoms with van der Waals surface area (Å²) in [4.78, 5) is 16.8. The van der Waals surface area contributed by atoms with Crippen molar-refractivity contribution in [1.82, 2.24) is 9.38 Å². The van der Waals surface area contributed by atoms with Gasteiger partial charge in [-0.2, -0.15) is 0 Å². The molecule has 0 fully saturated rings. The highest BCUT2D eigenvalue weighted by Gasteiger charge is 2.20. The summed E-state index contributed by atoms with van der Waals surface area (Å²) in [6.45, 7) is 6.14. The van der Waals surface area contributed by atoms with Gasteiger partial charge in [0.05, 0.1) is 12.3 Å². The van der Waals surface area contributed by atoms with Crippen molar-refractivity contribution in [3.8, 4) is 5.75 Å². The Morgan fingerprint density at radius 3 is 2.95 bits per heavy atom. The molecule has 0 saturated heterocycles. The minimum Gasteiger partial charge on any atom is -0.490 e. The first-order chi connectivity index (χ1) is 9.58. The first-order valence-electron chi connectivity index (χ1n) is 6.83. The number of nitrogens with zero attached hydrogens (tertiary/aromatic N) is 2. The molecular formula is C15H20N2O3. The number of carbonyl (C=O) groups excluding carboxylic acids is 1. The van der Waals surface area contributed by atoms with Crippen molar-refractivity contribution >= 4 is 11.4 Å². The summed E-state index contributed by atoms with van der Waals surface area (Å²) in [6, 6.07) is 3.68. The molecule has 0 unspecified atom stereocenters. The molecule has 2 aromatic heterocycles. The average Bonchev–Trinajstić information content (AvgIpc) is 2.76. The summed E-state index contributed by atoms with van der Waals surface area (Å²) in [6.07, 6.45) is 2.12. The molecule has 0 aromatic carbocycles. The van der Waals surface area contributed by atoms with Gasteiger partial charge in [0.15, 0.2) is 17.2 Å². The van der Waals surface area contributed by atoms with Crippen molar-refractivity contribution in [3.05, 3.63) is 29.7 Å². The van der Waals surface area contributed by atoms with Gasteiger partial charge in [-0.15, -0.1) is 0 Å². The SMILES string of the molecule is CCOc1cccn2c(C(=O)C[C@H](C)CO)c(C)nc12. The third-order valence-electron chi connectivity index (χ3n) is 3.20. The number of aryl methyl sites for hydroxylation is 1. The second-order valence-corrected chi connectivity index (χ2v) is 4.96. The van der Waals surface area contributed by atoms with Gasteiger partial charge in [-0.25, -0.2) is 4.98 Å². The molecule has 0 aliphatic carbocycles. The standard InChI is InChI=1S/C15H20N2O3/c1-4-20-13-6-5-7-17-14(11(3)16-15(13)17)12(19)8-10(2)9-18/h5-7,10,18H,4,8-9H2,1-3H3/t10-/m0/s1. The number of imidazole rings is 1. The van der Waals surface area contributed by atoms with Crippen LogP contribution in [0.1, 0.15) is 36.5 Å². The number of ketones is 1. The van der Waals surface area contributed by atoms with E-state index in [1.165, 1.54) is 0 Å². The van der Waals surface area contributed by atoms with E-state index in [9.17, 15) is 4.79 Å². The van der Waals surface area contributed by atoms with Crippen molar-refractivity contribution < 1.29 is 14.6 Å². The van der Waals surface area contributed by atoms with Crippen LogP contribution in [-0.4, -0.2) is 33.5 Å². The molecule has 5 nitrogen and oxygen atoms in total. The van der Waals surface area contributed by atoms with Crippen LogP contribution >= 0.6 is 0 Å². The molecule has 0 aliphatic heterocycles. The number of carbonyl (C=O) groups is 1. The second-order valence-electron chi connectivity index (χ2n) is 4.96. The van der Waals surface area contributed by atoms with Crippen LogP contribution in [0.3, 0.4) is 0 Å². The van der Waals surface area contributed by atoms with Crippen LogP contribution in [0.25, 0.3) is 5.65 Å². The minimum absolute atomic E-state index is 0.00567. The number of hydrogen-bond donors (Lipinski definition) is 1. The summed E-state index contributed by atoms with van der Waals surface area (Å²) < 4.78 is 7.31. The molecule has 0 bridgehead atoms. The number of Topliss-reactive ketones (excluding diaryl/α,β-unsaturated/α-hetero) is 1. The fraction of sp³-hybridized carbons (Fsp3) is 0.467. The number of aliphatic hydroxyl groups is 1. The number of fused-ring (bicyclic) bond motifs is 1. The molecule has 0 radical (unpaired) electrons. The zero-order valence-corrected chi connectivity index (χ0v) is 12.1. The highest BCUT2D eigenvalue weighted by molar-refractivity contribution is 5.96. The third-order valence-corrected chi connectivity index (χ3v) is 3.20. The Balaban J connectivity index is 2.46. The number of aliphatic hydroxyl groups excluding tert-OH is 1. The topological polar surface area (TPSA) is 63.8 Å². The van der Waals surface area contributed by atoms with Gasteiger partial charge in [-0.3, -0.25) is 9.20 Å². The number of ether oxygens (including phenoxy) is 1. The van der Waals surface area contributed by atoms with Gasteiger partial charge in [0.25, 0.3) is 0 Å². The third kappa shape index (κ3) is 2.67. The number of hydrogen-bond acceptors (Lipinski definition) is 4. The van der Waals surface area contributed by atoms with Crippen LogP contribution in [0.2, 0.25) is 0 Å². The average molecular weight is 276 g/mol. The first-order valence-corrected chi connectivity index (χ1v) is 6.83. The van der Waals surface area contributed by atoms with Gasteiger partial charge in [0.2, 0.25) is 0 Å². The predicted molar refractivity (Wildman–Crippen MR) is 76.3 cm³/mol. The predicted octanol–water partition coefficient (Wildman–Crippen LogP) is 2.24. The Morgan fingerprint density at radius 1 is 1.55 bits per heavy atom. The molecule has 2 rings (SSSR count). The van der Waals surface area contributed by atoms with Crippen LogP contribution in [0.5, 0.6) is 5.75 Å². The highest BCUT2D eigenvalue weighted by atomic mass is 16.5. The molecule has 2 aromatic rings. The molecule has 1 N–H and O–H groups in total. The summed E-state index contributed by atoms with van der Waals surface area (Å²) >= 11 is 0. The van der Waals surface area contributed by atoms with Crippen molar-refractivity contribution in [2.75, 3.05) is 13.2 Å². The van der Waals surface area contributed by atoms with Crippen LogP contribution in [0, 0.1) is 12.8 Å². The second kappa shape index (κ2) is 6.05. The van der Waals surface area contributed by atoms with Crippen LogP contribution < -0.4 is 4.74 Å². The van der Waals surface area contributed by atoms with Gasteiger partial charge in [0, 0.05) is 19.2 Å². The summed E-state index contributed by atoms with van der Waals surface area (Å²) in [5, 5.41) is 9.08. The van der Waals surface area contributed by atoms with E-state index in [4.69, 9.17) is 9.84 Å². The zero-order chi connectivity index (χ0) is 14.7. The molecule has 0 saturated carbocycles. The van der Waals surface area contributed by atoms with E-state index in [0.29, 0.717) is 35.8 Å². The molecule has 20 heavy (non-hydrogen) atoms. The van der Waals surface area contributed by atoms with E-state index in [1.54, 1.807) is 4.40 Å². The Labute approximate surface area is 118 Å². The lowest BCUT2D eigenvalue weighted by Gasteiger charge is -2.08. The minimum atomic E-state index is -0.0532. The Kier molecular flexibility index (Phi) is 4.39. The van der Waals surface area contributed by atoms with Crippen molar-refractivity contribution in [1.29, 1.82) is 0 Å². The lowest BCUT2D eigenvalue weighted by molar-refractivity contribution is 0.0937. The van der Waals surface area contributed by atoms with E-state index >= 15 is 0 Å². The van der Waals surface area contributed by atoms with E-state index in [1.807, 2.05) is 39.1 Å². The maximum absolute atomic E-state index is 12.4. The molecule has 0 aliphatic rings. The summed E-state index contributed by atoms with van der Waals surface area (Å²) in [7, 11) is 0. The monoisotopic (exact) mass is 276 g/mol. The van der Waals surface area contributed by atoms with Gasteiger partial charge >= 0.3 is 0 Å². The highest BCUT2D eigenvalue weighted by Crippen LogP contribution is 2.23. The van der Waals surface area contributed by atoms with Gasteiger partial charge < -0.3 is 9.84 Å². The first kappa shape index (κ1) is 14.5. The fourth-order valence-corrected chi connectivity index (χ4v) is 2.24. The van der Waals surface area contributed by atoms with Crippen LogP contribution in [0.15, 0.2) is 18.3 Å². The molecule has 1 atom stereocenters. The van der Waals surface area contributed by atoms with Crippen LogP contribution in [0.4, 0.5) is 0 Å². The lowest BCUT2D eigenvalue weighted by Crippen LogP contribution is -2.12. The smallest absolute Gasteiger partial charge is 0.181 e. The normalized spacial score (nSPS) is 12.6. The summed E-state index contributed by atoms with van der Waals surface area (Å²) in [5.41, 5.74) is 1.92. The summed E-state index contributed by atoms with van der Waals surface area (Å²) in [5.74, 6) is 0.611. The van der Waals surface area contributed by atoms with E-state index < -0.39 is 0 Å². The van der Waals surface area contributed by atoms with Crippen molar-refractivity contribution in [2.45, 2.75) is 27.2 Å². The molecular weight excluding hydrogens is 256 g/mol. The number of aromatic nitrogens is 2. The van der Waals surface area contributed by atoms with Crippen LogP contribution in [-0.2, 0) is 0 Å². The van der Waals surface area contributed by atoms with Gasteiger partial charge in [0.1, 0.15) is 5.69 Å². The quantitative estimate of drug-likeness (QED) is 0.822. The van der Waals surface area contributed by atoms with Crippen molar-refractivity contribution in [3.63, 3.8) is 0 Å².